The Morgan fingerprint density at radius 1 is 1.03 bits per heavy atom. The van der Waals surface area contributed by atoms with E-state index in [0.717, 1.165) is 11.5 Å². The van der Waals surface area contributed by atoms with E-state index in [1.807, 2.05) is 6.07 Å². The Kier molecular flexibility index (Phi) is 9.33. The van der Waals surface area contributed by atoms with Gasteiger partial charge >= 0.3 is 12.0 Å². The molecular formula is C24H28N4O5S. The zero-order valence-corrected chi connectivity index (χ0v) is 19.8. The minimum Gasteiger partial charge on any atom is -0.462 e. The standard InChI is InChI=1S/C24H28N4O5S/c1-2-33-23(31)18-7-6-8-19(15-18)26-24(32)25-16-21(29)28(20-9-4-3-5-10-20)17-22(30)27-11-13-34-14-12-27/h3-10,15H,2,11-14,16-17H2,1H3,(H2,25,26,32). The molecule has 9 nitrogen and oxygen atoms in total. The lowest BCUT2D eigenvalue weighted by atomic mass is 10.2. The Labute approximate surface area is 202 Å². The smallest absolute Gasteiger partial charge is 0.338 e. The Bertz CT molecular complexity index is 1010. The maximum absolute atomic E-state index is 13.0. The first-order valence-corrected chi connectivity index (χ1v) is 12.2. The highest BCUT2D eigenvalue weighted by Gasteiger charge is 2.24. The van der Waals surface area contributed by atoms with Crippen molar-refractivity contribution in [3.8, 4) is 0 Å². The number of nitrogens with one attached hydrogen (secondary N) is 2. The van der Waals surface area contributed by atoms with E-state index in [9.17, 15) is 19.2 Å². The van der Waals surface area contributed by atoms with Crippen LogP contribution >= 0.6 is 11.8 Å². The van der Waals surface area contributed by atoms with Crippen LogP contribution in [0.3, 0.4) is 0 Å². The van der Waals surface area contributed by atoms with Crippen molar-refractivity contribution in [2.75, 3.05) is 54.5 Å². The van der Waals surface area contributed by atoms with E-state index in [1.165, 1.54) is 11.0 Å². The summed E-state index contributed by atoms with van der Waals surface area (Å²) in [4.78, 5) is 53.1. The number of para-hydroxylation sites is 1. The summed E-state index contributed by atoms with van der Waals surface area (Å²) in [7, 11) is 0. The van der Waals surface area contributed by atoms with E-state index in [0.29, 0.717) is 30.0 Å². The molecule has 0 unspecified atom stereocenters. The molecule has 180 valence electrons. The monoisotopic (exact) mass is 484 g/mol. The number of esters is 1. The largest absolute Gasteiger partial charge is 0.462 e. The third-order valence-electron chi connectivity index (χ3n) is 5.06. The van der Waals surface area contributed by atoms with Gasteiger partial charge in [-0.05, 0) is 37.3 Å². The number of thioether (sulfide) groups is 1. The van der Waals surface area contributed by atoms with Crippen LogP contribution in [0.2, 0.25) is 0 Å². The second-order valence-corrected chi connectivity index (χ2v) is 8.64. The van der Waals surface area contributed by atoms with Crippen LogP contribution < -0.4 is 15.5 Å². The van der Waals surface area contributed by atoms with Gasteiger partial charge in [-0.1, -0.05) is 24.3 Å². The fraction of sp³-hybridized carbons (Fsp3) is 0.333. The molecule has 0 saturated carbocycles. The van der Waals surface area contributed by atoms with Crippen molar-refractivity contribution in [2.24, 2.45) is 0 Å². The van der Waals surface area contributed by atoms with E-state index in [1.54, 1.807) is 66.1 Å². The molecule has 0 radical (unpaired) electrons. The molecule has 2 aromatic carbocycles. The highest BCUT2D eigenvalue weighted by molar-refractivity contribution is 7.99. The van der Waals surface area contributed by atoms with Crippen LogP contribution in [0, 0.1) is 0 Å². The number of hydrogen-bond acceptors (Lipinski definition) is 6. The van der Waals surface area contributed by atoms with Crippen molar-refractivity contribution >= 4 is 47.0 Å². The maximum Gasteiger partial charge on any atom is 0.338 e. The second-order valence-electron chi connectivity index (χ2n) is 7.42. The molecule has 2 N–H and O–H groups in total. The molecule has 1 fully saturated rings. The number of carbonyl (C=O) groups excluding carboxylic acids is 4. The first-order valence-electron chi connectivity index (χ1n) is 11.0. The zero-order valence-electron chi connectivity index (χ0n) is 19.0. The van der Waals surface area contributed by atoms with Crippen molar-refractivity contribution < 1.29 is 23.9 Å². The molecule has 4 amide bonds. The Morgan fingerprint density at radius 3 is 2.47 bits per heavy atom. The summed E-state index contributed by atoms with van der Waals surface area (Å²) in [5, 5.41) is 5.12. The molecule has 0 bridgehead atoms. The first-order chi connectivity index (χ1) is 16.5. The SMILES string of the molecule is CCOC(=O)c1cccc(NC(=O)NCC(=O)N(CC(=O)N2CCSCC2)c2ccccc2)c1. The molecule has 0 aromatic heterocycles. The number of hydrogen-bond donors (Lipinski definition) is 2. The topological polar surface area (TPSA) is 108 Å². The van der Waals surface area contributed by atoms with Crippen molar-refractivity contribution in [1.29, 1.82) is 0 Å². The molecular weight excluding hydrogens is 456 g/mol. The lowest BCUT2D eigenvalue weighted by Crippen LogP contribution is -2.48. The van der Waals surface area contributed by atoms with Gasteiger partial charge in [-0.25, -0.2) is 9.59 Å². The van der Waals surface area contributed by atoms with Crippen molar-refractivity contribution in [3.63, 3.8) is 0 Å². The number of rotatable bonds is 8. The third kappa shape index (κ3) is 7.24. The number of nitrogens with zero attached hydrogens (tertiary/aromatic N) is 2. The van der Waals surface area contributed by atoms with Crippen LogP contribution in [-0.4, -0.2) is 73.0 Å². The summed E-state index contributed by atoms with van der Waals surface area (Å²) in [6, 6.07) is 14.6. The average Bonchev–Trinajstić information content (AvgIpc) is 2.87. The molecule has 3 rings (SSSR count). The second kappa shape index (κ2) is 12.6. The van der Waals surface area contributed by atoms with E-state index >= 15 is 0 Å². The van der Waals surface area contributed by atoms with Gasteiger partial charge in [0.1, 0.15) is 6.54 Å². The molecule has 0 aliphatic carbocycles. The minimum atomic E-state index is -0.609. The summed E-state index contributed by atoms with van der Waals surface area (Å²) >= 11 is 1.80. The number of benzene rings is 2. The summed E-state index contributed by atoms with van der Waals surface area (Å²) in [5.74, 6) is 0.727. The van der Waals surface area contributed by atoms with Gasteiger partial charge in [0.25, 0.3) is 0 Å². The van der Waals surface area contributed by atoms with E-state index in [4.69, 9.17) is 4.74 Å². The molecule has 34 heavy (non-hydrogen) atoms. The average molecular weight is 485 g/mol. The number of amides is 4. The number of carbonyl (C=O) groups is 4. The molecule has 1 aliphatic heterocycles. The van der Waals surface area contributed by atoms with Crippen molar-refractivity contribution in [2.45, 2.75) is 6.92 Å². The minimum absolute atomic E-state index is 0.0988. The quantitative estimate of drug-likeness (QED) is 0.558. The van der Waals surface area contributed by atoms with Gasteiger partial charge in [-0.3, -0.25) is 9.59 Å². The van der Waals surface area contributed by atoms with Gasteiger partial charge < -0.3 is 25.2 Å². The van der Waals surface area contributed by atoms with Crippen LogP contribution in [-0.2, 0) is 14.3 Å². The molecule has 0 spiro atoms. The van der Waals surface area contributed by atoms with Crippen molar-refractivity contribution in [3.05, 3.63) is 60.2 Å². The van der Waals surface area contributed by atoms with Crippen LogP contribution in [0.1, 0.15) is 17.3 Å². The van der Waals surface area contributed by atoms with Gasteiger partial charge in [0.15, 0.2) is 0 Å². The molecule has 1 aliphatic rings. The highest BCUT2D eigenvalue weighted by Crippen LogP contribution is 2.16. The molecule has 1 saturated heterocycles. The van der Waals surface area contributed by atoms with Gasteiger partial charge in [0.2, 0.25) is 11.8 Å². The predicted molar refractivity (Wildman–Crippen MR) is 132 cm³/mol. The Balaban J connectivity index is 1.60. The number of ether oxygens (including phenoxy) is 1. The Morgan fingerprint density at radius 2 is 1.76 bits per heavy atom. The third-order valence-corrected chi connectivity index (χ3v) is 6.00. The summed E-state index contributed by atoms with van der Waals surface area (Å²) in [6.07, 6.45) is 0. The van der Waals surface area contributed by atoms with Crippen LogP contribution in [0.25, 0.3) is 0 Å². The fourth-order valence-electron chi connectivity index (χ4n) is 3.34. The van der Waals surface area contributed by atoms with Crippen LogP contribution in [0.5, 0.6) is 0 Å². The first kappa shape index (κ1) is 25.1. The van der Waals surface area contributed by atoms with Gasteiger partial charge in [0.05, 0.1) is 18.7 Å². The van der Waals surface area contributed by atoms with E-state index in [2.05, 4.69) is 10.6 Å². The predicted octanol–water partition coefficient (Wildman–Crippen LogP) is 2.59. The normalized spacial score (nSPS) is 13.0. The summed E-state index contributed by atoms with van der Waals surface area (Å²) < 4.78 is 4.96. The maximum atomic E-state index is 13.0. The Hall–Kier alpha value is -3.53. The zero-order chi connectivity index (χ0) is 24.3. The van der Waals surface area contributed by atoms with E-state index < -0.39 is 17.9 Å². The number of urea groups is 1. The lowest BCUT2D eigenvalue weighted by Gasteiger charge is -2.30. The van der Waals surface area contributed by atoms with Crippen LogP contribution in [0.4, 0.5) is 16.2 Å². The molecule has 2 aromatic rings. The molecule has 1 heterocycles. The fourth-order valence-corrected chi connectivity index (χ4v) is 4.25. The summed E-state index contributed by atoms with van der Waals surface area (Å²) in [5.41, 5.74) is 1.27. The van der Waals surface area contributed by atoms with E-state index in [-0.39, 0.29) is 25.6 Å². The summed E-state index contributed by atoms with van der Waals surface area (Å²) in [6.45, 7) is 2.87. The molecule has 0 atom stereocenters. The van der Waals surface area contributed by atoms with Gasteiger partial charge in [0, 0.05) is 36.0 Å². The van der Waals surface area contributed by atoms with Gasteiger partial charge in [-0.2, -0.15) is 11.8 Å². The van der Waals surface area contributed by atoms with Crippen molar-refractivity contribution in [1.82, 2.24) is 10.2 Å². The van der Waals surface area contributed by atoms with Gasteiger partial charge in [-0.15, -0.1) is 0 Å². The molecule has 10 heteroatoms. The highest BCUT2D eigenvalue weighted by atomic mass is 32.2. The van der Waals surface area contributed by atoms with Crippen LogP contribution in [0.15, 0.2) is 54.6 Å². The lowest BCUT2D eigenvalue weighted by molar-refractivity contribution is -0.131. The number of anilines is 2.